The topological polar surface area (TPSA) is 99.5 Å². The van der Waals surface area contributed by atoms with Crippen molar-refractivity contribution in [1.29, 1.82) is 0 Å². The van der Waals surface area contributed by atoms with E-state index in [2.05, 4.69) is 0 Å². The lowest BCUT2D eigenvalue weighted by Gasteiger charge is -2.22. The lowest BCUT2D eigenvalue weighted by Crippen LogP contribution is -2.35. The molecule has 0 aromatic rings. The van der Waals surface area contributed by atoms with E-state index in [1.54, 1.807) is 33.2 Å². The van der Waals surface area contributed by atoms with Crippen LogP contribution in [-0.2, 0) is 19.1 Å². The minimum Gasteiger partial charge on any atom is -0.388 e. The number of allylic oxidation sites excluding steroid dienone is 2. The van der Waals surface area contributed by atoms with Gasteiger partial charge in [0.1, 0.15) is 12.2 Å². The first-order valence-corrected chi connectivity index (χ1v) is 9.44. The van der Waals surface area contributed by atoms with Crippen LogP contribution in [0.5, 0.6) is 0 Å². The summed E-state index contributed by atoms with van der Waals surface area (Å²) >= 11 is 0. The van der Waals surface area contributed by atoms with E-state index >= 15 is 0 Å². The average molecular weight is 399 g/mol. The van der Waals surface area contributed by atoms with E-state index in [1.807, 2.05) is 38.2 Å². The molecule has 0 saturated carbocycles. The van der Waals surface area contributed by atoms with Crippen molar-refractivity contribution in [2.75, 3.05) is 28.3 Å². The Morgan fingerprint density at radius 1 is 0.893 bits per heavy atom. The number of methoxy groups -OCH3 is 2. The summed E-state index contributed by atoms with van der Waals surface area (Å²) in [5, 5.41) is 18.7. The van der Waals surface area contributed by atoms with Gasteiger partial charge in [0.15, 0.2) is 12.2 Å². The highest BCUT2D eigenvalue weighted by Gasteiger charge is 2.46. The van der Waals surface area contributed by atoms with Crippen LogP contribution in [0.15, 0.2) is 24.3 Å². The number of nitrogens with zero attached hydrogens (tertiary/aromatic N) is 2. The molecule has 2 N–H and O–H groups in total. The molecular formula is C20H34N2O6. The highest BCUT2D eigenvalue weighted by molar-refractivity contribution is 5.84. The summed E-state index contributed by atoms with van der Waals surface area (Å²) in [6, 6.07) is -0.220. The molecule has 0 aromatic heterocycles. The molecule has 160 valence electrons. The SMILES string of the molecule is C/C=C/C[C@H]1C(OC)C(OC)C(=O)N1C.C/C=C/C[C@H]1[C@@H](O)[C@H](O)C(=O)N1C. The number of aliphatic hydroxyl groups excluding tert-OH is 2. The van der Waals surface area contributed by atoms with Crippen molar-refractivity contribution in [2.45, 2.75) is 63.2 Å². The number of carbonyl (C=O) groups is 2. The second-order valence-corrected chi connectivity index (χ2v) is 6.93. The maximum Gasteiger partial charge on any atom is 0.254 e. The molecule has 6 atom stereocenters. The summed E-state index contributed by atoms with van der Waals surface area (Å²) < 4.78 is 10.5. The number of likely N-dealkylation sites (N-methyl/N-ethyl adjacent to an activating group) is 2. The van der Waals surface area contributed by atoms with Crippen LogP contribution >= 0.6 is 0 Å². The van der Waals surface area contributed by atoms with Crippen LogP contribution in [0, 0.1) is 0 Å². The quantitative estimate of drug-likeness (QED) is 0.626. The summed E-state index contributed by atoms with van der Waals surface area (Å²) in [6.45, 7) is 3.84. The van der Waals surface area contributed by atoms with E-state index in [1.165, 1.54) is 4.90 Å². The van der Waals surface area contributed by atoms with Gasteiger partial charge in [0.05, 0.1) is 12.1 Å². The minimum absolute atomic E-state index is 0.00106. The summed E-state index contributed by atoms with van der Waals surface area (Å²) in [6.07, 6.45) is 6.27. The van der Waals surface area contributed by atoms with Crippen LogP contribution in [0.2, 0.25) is 0 Å². The maximum absolute atomic E-state index is 11.8. The molecule has 0 radical (unpaired) electrons. The van der Waals surface area contributed by atoms with Gasteiger partial charge < -0.3 is 29.5 Å². The van der Waals surface area contributed by atoms with Gasteiger partial charge in [0.2, 0.25) is 0 Å². The van der Waals surface area contributed by atoms with Gasteiger partial charge in [-0.2, -0.15) is 0 Å². The van der Waals surface area contributed by atoms with Crippen molar-refractivity contribution in [3.63, 3.8) is 0 Å². The van der Waals surface area contributed by atoms with E-state index < -0.39 is 24.2 Å². The molecule has 2 saturated heterocycles. The lowest BCUT2D eigenvalue weighted by atomic mass is 10.1. The molecule has 8 heteroatoms. The fourth-order valence-electron chi connectivity index (χ4n) is 3.54. The van der Waals surface area contributed by atoms with Crippen LogP contribution in [0.1, 0.15) is 26.7 Å². The van der Waals surface area contributed by atoms with Gasteiger partial charge in [0, 0.05) is 28.3 Å². The number of likely N-dealkylation sites (tertiary alicyclic amines) is 2. The van der Waals surface area contributed by atoms with Gasteiger partial charge in [-0.3, -0.25) is 9.59 Å². The van der Waals surface area contributed by atoms with Crippen LogP contribution in [-0.4, -0.2) is 96.6 Å². The third kappa shape index (κ3) is 5.20. The fourth-order valence-corrected chi connectivity index (χ4v) is 3.54. The first-order valence-electron chi connectivity index (χ1n) is 9.44. The van der Waals surface area contributed by atoms with Gasteiger partial charge in [-0.1, -0.05) is 24.3 Å². The summed E-state index contributed by atoms with van der Waals surface area (Å²) in [5.74, 6) is -0.402. The molecule has 2 aliphatic rings. The smallest absolute Gasteiger partial charge is 0.254 e. The molecule has 2 amide bonds. The Balaban J connectivity index is 0.000000283. The van der Waals surface area contributed by atoms with Crippen molar-refractivity contribution < 1.29 is 29.3 Å². The van der Waals surface area contributed by atoms with Crippen molar-refractivity contribution in [2.24, 2.45) is 0 Å². The summed E-state index contributed by atoms with van der Waals surface area (Å²) in [7, 11) is 6.55. The predicted molar refractivity (Wildman–Crippen MR) is 106 cm³/mol. The number of hydrogen-bond acceptors (Lipinski definition) is 6. The van der Waals surface area contributed by atoms with Crippen molar-refractivity contribution in [3.05, 3.63) is 24.3 Å². The molecule has 2 fully saturated rings. The number of amides is 2. The van der Waals surface area contributed by atoms with Gasteiger partial charge in [-0.05, 0) is 26.7 Å². The van der Waals surface area contributed by atoms with Crippen LogP contribution in [0.4, 0.5) is 0 Å². The molecular weight excluding hydrogens is 364 g/mol. The van der Waals surface area contributed by atoms with Crippen LogP contribution in [0.25, 0.3) is 0 Å². The highest BCUT2D eigenvalue weighted by Crippen LogP contribution is 2.25. The number of hydrogen-bond donors (Lipinski definition) is 2. The molecule has 0 aromatic carbocycles. The van der Waals surface area contributed by atoms with Crippen LogP contribution < -0.4 is 0 Å². The summed E-state index contributed by atoms with van der Waals surface area (Å²) in [4.78, 5) is 26.1. The van der Waals surface area contributed by atoms with Crippen molar-refractivity contribution >= 4 is 11.8 Å². The highest BCUT2D eigenvalue weighted by atomic mass is 16.5. The fraction of sp³-hybridized carbons (Fsp3) is 0.700. The molecule has 0 aliphatic carbocycles. The van der Waals surface area contributed by atoms with Crippen LogP contribution in [0.3, 0.4) is 0 Å². The largest absolute Gasteiger partial charge is 0.388 e. The molecule has 8 nitrogen and oxygen atoms in total. The molecule has 2 heterocycles. The summed E-state index contributed by atoms with van der Waals surface area (Å²) in [5.41, 5.74) is 0. The number of carbonyl (C=O) groups excluding carboxylic acids is 2. The van der Waals surface area contributed by atoms with Gasteiger partial charge in [-0.15, -0.1) is 0 Å². The Labute approximate surface area is 167 Å². The Morgan fingerprint density at radius 3 is 1.79 bits per heavy atom. The van der Waals surface area contributed by atoms with E-state index in [0.717, 1.165) is 6.42 Å². The molecule has 2 aliphatic heterocycles. The second-order valence-electron chi connectivity index (χ2n) is 6.93. The van der Waals surface area contributed by atoms with Crippen molar-refractivity contribution in [3.8, 4) is 0 Å². The van der Waals surface area contributed by atoms with E-state index in [0.29, 0.717) is 6.42 Å². The second kappa shape index (κ2) is 11.3. The van der Waals surface area contributed by atoms with E-state index in [-0.39, 0.29) is 24.1 Å². The lowest BCUT2D eigenvalue weighted by molar-refractivity contribution is -0.137. The first-order chi connectivity index (χ1) is 13.3. The van der Waals surface area contributed by atoms with Gasteiger partial charge >= 0.3 is 0 Å². The van der Waals surface area contributed by atoms with Gasteiger partial charge in [-0.25, -0.2) is 0 Å². The zero-order valence-corrected chi connectivity index (χ0v) is 17.6. The zero-order chi connectivity index (χ0) is 21.4. The van der Waals surface area contributed by atoms with E-state index in [9.17, 15) is 19.8 Å². The minimum atomic E-state index is -1.25. The predicted octanol–water partition coefficient (Wildman–Crippen LogP) is 0.338. The van der Waals surface area contributed by atoms with E-state index in [4.69, 9.17) is 9.47 Å². The number of ether oxygens (including phenoxy) is 2. The monoisotopic (exact) mass is 398 g/mol. The third-order valence-electron chi connectivity index (χ3n) is 5.33. The molecule has 0 bridgehead atoms. The maximum atomic E-state index is 11.8. The Hall–Kier alpha value is -1.74. The average Bonchev–Trinajstić information content (AvgIpc) is 3.04. The third-order valence-corrected chi connectivity index (χ3v) is 5.33. The number of rotatable bonds is 6. The van der Waals surface area contributed by atoms with Crippen molar-refractivity contribution in [1.82, 2.24) is 9.80 Å². The Kier molecular flexibility index (Phi) is 9.81. The normalized spacial score (nSPS) is 33.3. The molecule has 2 rings (SSSR count). The number of aliphatic hydroxyl groups is 2. The molecule has 0 spiro atoms. The standard InChI is InChI=1S/C11H19NO3.C9H15NO3/c1-5-6-7-8-9(14-3)10(15-4)11(13)12(8)2;1-3-4-5-6-7(11)8(12)9(13)10(6)2/h5-6,8-10H,7H2,1-4H3;3-4,6-8,11-12H,5H2,1-2H3/b6-5+;4-3+/t8-,9?,10?;6-,7+,8-/m00/s1. The zero-order valence-electron chi connectivity index (χ0n) is 17.6. The van der Waals surface area contributed by atoms with Gasteiger partial charge in [0.25, 0.3) is 11.8 Å². The Bertz CT molecular complexity index is 579. The molecule has 28 heavy (non-hydrogen) atoms. The first kappa shape index (κ1) is 24.3. The molecule has 2 unspecified atom stereocenters. The Morgan fingerprint density at radius 2 is 1.39 bits per heavy atom.